The third kappa shape index (κ3) is 2.82. The zero-order valence-corrected chi connectivity index (χ0v) is 10.8. The Hall–Kier alpha value is -0.820. The van der Waals surface area contributed by atoms with E-state index in [0.29, 0.717) is 11.7 Å². The number of ether oxygens (including phenoxy) is 1. The molecule has 3 nitrogen and oxygen atoms in total. The quantitative estimate of drug-likeness (QED) is 0.880. The lowest BCUT2D eigenvalue weighted by Crippen LogP contribution is -1.94. The third-order valence-corrected chi connectivity index (χ3v) is 3.47. The fraction of sp³-hybridized carbons (Fsp3) is 0.100. The molecule has 5 heteroatoms. The lowest BCUT2D eigenvalue weighted by Gasteiger charge is -2.05. The predicted molar refractivity (Wildman–Crippen MR) is 70.0 cm³/mol. The van der Waals surface area contributed by atoms with Crippen molar-refractivity contribution in [3.05, 3.63) is 38.9 Å². The molecule has 1 aromatic heterocycles. The fourth-order valence-electron chi connectivity index (χ4n) is 1.10. The van der Waals surface area contributed by atoms with Crippen LogP contribution in [-0.4, -0.2) is 4.98 Å². The van der Waals surface area contributed by atoms with Crippen molar-refractivity contribution in [1.82, 2.24) is 4.98 Å². The van der Waals surface area contributed by atoms with E-state index in [4.69, 9.17) is 10.5 Å². The second-order valence-electron chi connectivity index (χ2n) is 2.88. The molecule has 78 valence electrons. The normalized spacial score (nSPS) is 10.2. The van der Waals surface area contributed by atoms with Gasteiger partial charge in [-0.25, -0.2) is 4.98 Å². The topological polar surface area (TPSA) is 48.1 Å². The molecule has 0 aliphatic carbocycles. The number of thiazole rings is 1. The van der Waals surface area contributed by atoms with Crippen LogP contribution in [0.15, 0.2) is 30.5 Å². The number of hydrogen-bond acceptors (Lipinski definition) is 4. The van der Waals surface area contributed by atoms with E-state index in [1.165, 1.54) is 11.3 Å². The second-order valence-corrected chi connectivity index (χ2v) is 5.19. The second kappa shape index (κ2) is 4.80. The first-order valence-electron chi connectivity index (χ1n) is 4.33. The Balaban J connectivity index is 2.02. The van der Waals surface area contributed by atoms with Gasteiger partial charge in [0.25, 0.3) is 0 Å². The Morgan fingerprint density at radius 2 is 2.20 bits per heavy atom. The van der Waals surface area contributed by atoms with E-state index in [1.807, 2.05) is 24.3 Å². The van der Waals surface area contributed by atoms with Gasteiger partial charge < -0.3 is 10.5 Å². The van der Waals surface area contributed by atoms with E-state index in [0.717, 1.165) is 14.2 Å². The van der Waals surface area contributed by atoms with Crippen LogP contribution in [0.5, 0.6) is 5.75 Å². The van der Waals surface area contributed by atoms with Gasteiger partial charge in [0.05, 0.1) is 8.45 Å². The molecule has 0 radical (unpaired) electrons. The lowest BCUT2D eigenvalue weighted by atomic mass is 10.3. The summed E-state index contributed by atoms with van der Waals surface area (Å²) in [6.45, 7) is 0.523. The van der Waals surface area contributed by atoms with Crippen molar-refractivity contribution in [2.24, 2.45) is 0 Å². The Labute approximate surface area is 105 Å². The number of nitrogens with two attached hydrogens (primary N) is 1. The number of rotatable bonds is 3. The molecule has 0 amide bonds. The minimum Gasteiger partial charge on any atom is -0.487 e. The molecular weight excluding hydrogens is 323 g/mol. The van der Waals surface area contributed by atoms with E-state index in [2.05, 4.69) is 27.6 Å². The molecule has 2 N–H and O–H groups in total. The summed E-state index contributed by atoms with van der Waals surface area (Å²) in [5.74, 6) is 0.894. The summed E-state index contributed by atoms with van der Waals surface area (Å²) in [6.07, 6.45) is 1.75. The number of benzene rings is 1. The van der Waals surface area contributed by atoms with E-state index in [-0.39, 0.29) is 0 Å². The molecular formula is C10H9IN2OS. The summed E-state index contributed by atoms with van der Waals surface area (Å²) in [5, 5.41) is 0.580. The van der Waals surface area contributed by atoms with Gasteiger partial charge >= 0.3 is 0 Å². The number of nitrogen functional groups attached to an aromatic ring is 1. The maximum atomic E-state index is 5.64. The van der Waals surface area contributed by atoms with Gasteiger partial charge in [0, 0.05) is 6.20 Å². The highest BCUT2D eigenvalue weighted by Gasteiger charge is 2.02. The monoisotopic (exact) mass is 332 g/mol. The van der Waals surface area contributed by atoms with Crippen molar-refractivity contribution in [3.63, 3.8) is 0 Å². The van der Waals surface area contributed by atoms with Crippen molar-refractivity contribution in [1.29, 1.82) is 0 Å². The molecule has 0 saturated heterocycles. The standard InChI is InChI=1S/C10H9IN2OS/c11-8-3-1-2-4-9(8)14-6-7-5-13-10(12)15-7/h1-5H,6H2,(H2,12,13). The van der Waals surface area contributed by atoms with Gasteiger partial charge in [-0.2, -0.15) is 0 Å². The Morgan fingerprint density at radius 3 is 2.87 bits per heavy atom. The molecule has 0 unspecified atom stereocenters. The summed E-state index contributed by atoms with van der Waals surface area (Å²) in [7, 11) is 0. The predicted octanol–water partition coefficient (Wildman–Crippen LogP) is 2.91. The minimum absolute atomic E-state index is 0.523. The molecule has 0 bridgehead atoms. The number of hydrogen-bond donors (Lipinski definition) is 1. The smallest absolute Gasteiger partial charge is 0.180 e. The van der Waals surface area contributed by atoms with Gasteiger partial charge in [-0.05, 0) is 34.7 Å². The SMILES string of the molecule is Nc1ncc(COc2ccccc2I)s1. The van der Waals surface area contributed by atoms with Crippen LogP contribution in [-0.2, 0) is 6.61 Å². The van der Waals surface area contributed by atoms with Crippen molar-refractivity contribution < 1.29 is 4.74 Å². The minimum atomic E-state index is 0.523. The van der Waals surface area contributed by atoms with Crippen LogP contribution in [0.1, 0.15) is 4.88 Å². The number of aromatic nitrogens is 1. The van der Waals surface area contributed by atoms with Crippen molar-refractivity contribution in [3.8, 4) is 5.75 Å². The molecule has 1 heterocycles. The molecule has 15 heavy (non-hydrogen) atoms. The van der Waals surface area contributed by atoms with Crippen LogP contribution >= 0.6 is 33.9 Å². The average molecular weight is 332 g/mol. The van der Waals surface area contributed by atoms with Gasteiger partial charge in [-0.3, -0.25) is 0 Å². The lowest BCUT2D eigenvalue weighted by molar-refractivity contribution is 0.307. The van der Waals surface area contributed by atoms with Crippen LogP contribution in [0.3, 0.4) is 0 Å². The number of para-hydroxylation sites is 1. The maximum Gasteiger partial charge on any atom is 0.180 e. The average Bonchev–Trinajstić information content (AvgIpc) is 2.63. The van der Waals surface area contributed by atoms with Gasteiger partial charge in [-0.15, -0.1) is 0 Å². The molecule has 0 spiro atoms. The van der Waals surface area contributed by atoms with Crippen LogP contribution in [0, 0.1) is 3.57 Å². The summed E-state index contributed by atoms with van der Waals surface area (Å²) in [4.78, 5) is 5.00. The van der Waals surface area contributed by atoms with Gasteiger partial charge in [-0.1, -0.05) is 23.5 Å². The van der Waals surface area contributed by atoms with E-state index >= 15 is 0 Å². The van der Waals surface area contributed by atoms with Crippen molar-refractivity contribution in [2.75, 3.05) is 5.73 Å². The first-order valence-corrected chi connectivity index (χ1v) is 6.23. The van der Waals surface area contributed by atoms with Gasteiger partial charge in [0.1, 0.15) is 12.4 Å². The molecule has 0 fully saturated rings. The third-order valence-electron chi connectivity index (χ3n) is 1.78. The first kappa shape index (κ1) is 10.7. The highest BCUT2D eigenvalue weighted by molar-refractivity contribution is 14.1. The van der Waals surface area contributed by atoms with Crippen LogP contribution in [0.25, 0.3) is 0 Å². The Morgan fingerprint density at radius 1 is 1.40 bits per heavy atom. The van der Waals surface area contributed by atoms with Gasteiger partial charge in [0.15, 0.2) is 5.13 Å². The highest BCUT2D eigenvalue weighted by Crippen LogP contribution is 2.22. The summed E-state index contributed by atoms with van der Waals surface area (Å²) in [6, 6.07) is 7.90. The molecule has 0 aliphatic rings. The zero-order valence-electron chi connectivity index (χ0n) is 7.81. The van der Waals surface area contributed by atoms with Crippen molar-refractivity contribution >= 4 is 39.1 Å². The summed E-state index contributed by atoms with van der Waals surface area (Å²) >= 11 is 3.70. The highest BCUT2D eigenvalue weighted by atomic mass is 127. The number of nitrogens with zero attached hydrogens (tertiary/aromatic N) is 1. The van der Waals surface area contributed by atoms with E-state index in [9.17, 15) is 0 Å². The Kier molecular flexibility index (Phi) is 3.42. The molecule has 2 rings (SSSR count). The number of anilines is 1. The van der Waals surface area contributed by atoms with Crippen LogP contribution in [0.4, 0.5) is 5.13 Å². The van der Waals surface area contributed by atoms with E-state index in [1.54, 1.807) is 6.20 Å². The molecule has 2 aromatic rings. The largest absolute Gasteiger partial charge is 0.487 e. The summed E-state index contributed by atoms with van der Waals surface area (Å²) in [5.41, 5.74) is 5.53. The zero-order chi connectivity index (χ0) is 10.7. The number of halogens is 1. The Bertz CT molecular complexity index is 458. The first-order chi connectivity index (χ1) is 7.25. The van der Waals surface area contributed by atoms with E-state index < -0.39 is 0 Å². The van der Waals surface area contributed by atoms with Crippen LogP contribution in [0.2, 0.25) is 0 Å². The molecule has 0 saturated carbocycles. The molecule has 0 atom stereocenters. The molecule has 1 aromatic carbocycles. The fourth-order valence-corrected chi connectivity index (χ4v) is 2.24. The molecule has 0 aliphatic heterocycles. The maximum absolute atomic E-state index is 5.64. The van der Waals surface area contributed by atoms with Crippen LogP contribution < -0.4 is 10.5 Å². The summed E-state index contributed by atoms with van der Waals surface area (Å²) < 4.78 is 6.75. The van der Waals surface area contributed by atoms with Crippen molar-refractivity contribution in [2.45, 2.75) is 6.61 Å². The van der Waals surface area contributed by atoms with Gasteiger partial charge in [0.2, 0.25) is 0 Å².